The number of aliphatic carboxylic acids is 1. The first-order chi connectivity index (χ1) is 13.5. The van der Waals surface area contributed by atoms with Crippen molar-refractivity contribution in [2.24, 2.45) is 0 Å². The number of nitrogens with zero attached hydrogens (tertiary/aromatic N) is 1. The molecule has 1 aliphatic rings. The zero-order valence-electron chi connectivity index (χ0n) is 15.3. The Morgan fingerprint density at radius 1 is 1.32 bits per heavy atom. The highest BCUT2D eigenvalue weighted by Crippen LogP contribution is 2.42. The van der Waals surface area contributed by atoms with Crippen molar-refractivity contribution in [2.45, 2.75) is 18.6 Å². The van der Waals surface area contributed by atoms with Crippen LogP contribution in [-0.4, -0.2) is 36.7 Å². The fourth-order valence-corrected chi connectivity index (χ4v) is 3.49. The van der Waals surface area contributed by atoms with Gasteiger partial charge in [0.05, 0.1) is 19.2 Å². The van der Waals surface area contributed by atoms with Crippen LogP contribution in [0.5, 0.6) is 5.75 Å². The SMILES string of the molecule is C=CCN1C(=O)C(CC(=O)O)OC(c2ccccc2OC)c2cc(Cl)ccc21. The minimum absolute atomic E-state index is 0.214. The highest BCUT2D eigenvalue weighted by molar-refractivity contribution is 6.30. The maximum Gasteiger partial charge on any atom is 0.306 e. The van der Waals surface area contributed by atoms with E-state index in [0.29, 0.717) is 27.6 Å². The molecular formula is C21H20ClNO5. The van der Waals surface area contributed by atoms with Crippen LogP contribution >= 0.6 is 11.6 Å². The van der Waals surface area contributed by atoms with Crippen molar-refractivity contribution in [1.82, 2.24) is 0 Å². The third kappa shape index (κ3) is 3.88. The van der Waals surface area contributed by atoms with Crippen molar-refractivity contribution in [3.63, 3.8) is 0 Å². The summed E-state index contributed by atoms with van der Waals surface area (Å²) in [7, 11) is 1.54. The highest BCUT2D eigenvalue weighted by atomic mass is 35.5. The average molecular weight is 402 g/mol. The predicted octanol–water partition coefficient (Wildman–Crippen LogP) is 3.83. The highest BCUT2D eigenvalue weighted by Gasteiger charge is 2.38. The van der Waals surface area contributed by atoms with Gasteiger partial charge in [0.1, 0.15) is 18.0 Å². The number of carbonyl (C=O) groups excluding carboxylic acids is 1. The molecule has 6 nitrogen and oxygen atoms in total. The van der Waals surface area contributed by atoms with Gasteiger partial charge < -0.3 is 19.5 Å². The number of halogens is 1. The van der Waals surface area contributed by atoms with Crippen molar-refractivity contribution in [1.29, 1.82) is 0 Å². The Labute approximate surface area is 167 Å². The average Bonchev–Trinajstić information content (AvgIpc) is 2.78. The number of amides is 1. The van der Waals surface area contributed by atoms with Gasteiger partial charge >= 0.3 is 5.97 Å². The normalized spacial score (nSPS) is 18.9. The molecule has 0 saturated heterocycles. The molecule has 0 fully saturated rings. The van der Waals surface area contributed by atoms with Gasteiger partial charge in [0.15, 0.2) is 0 Å². The smallest absolute Gasteiger partial charge is 0.306 e. The molecule has 1 aliphatic heterocycles. The molecule has 0 saturated carbocycles. The van der Waals surface area contributed by atoms with E-state index in [1.807, 2.05) is 18.2 Å². The molecule has 0 bridgehead atoms. The van der Waals surface area contributed by atoms with Gasteiger partial charge in [-0.05, 0) is 24.3 Å². The first kappa shape index (κ1) is 19.9. The molecule has 2 atom stereocenters. The van der Waals surface area contributed by atoms with Crippen LogP contribution in [0.2, 0.25) is 5.02 Å². The Morgan fingerprint density at radius 2 is 2.07 bits per heavy atom. The molecule has 2 aromatic carbocycles. The van der Waals surface area contributed by atoms with Crippen LogP contribution in [0.4, 0.5) is 5.69 Å². The molecule has 2 aromatic rings. The van der Waals surface area contributed by atoms with E-state index in [0.717, 1.165) is 0 Å². The lowest BCUT2D eigenvalue weighted by atomic mass is 9.98. The number of hydrogen-bond donors (Lipinski definition) is 1. The molecule has 0 radical (unpaired) electrons. The van der Waals surface area contributed by atoms with Crippen LogP contribution in [0, 0.1) is 0 Å². The summed E-state index contributed by atoms with van der Waals surface area (Å²) in [6, 6.07) is 12.4. The van der Waals surface area contributed by atoms with Crippen LogP contribution in [-0.2, 0) is 14.3 Å². The summed E-state index contributed by atoms with van der Waals surface area (Å²) in [4.78, 5) is 25.9. The van der Waals surface area contributed by atoms with E-state index in [1.165, 1.54) is 12.0 Å². The Balaban J connectivity index is 2.22. The number of para-hydroxylation sites is 1. The van der Waals surface area contributed by atoms with E-state index >= 15 is 0 Å². The van der Waals surface area contributed by atoms with E-state index in [4.69, 9.17) is 21.1 Å². The predicted molar refractivity (Wildman–Crippen MR) is 106 cm³/mol. The van der Waals surface area contributed by atoms with E-state index in [-0.39, 0.29) is 6.54 Å². The Bertz CT molecular complexity index is 913. The molecule has 0 aromatic heterocycles. The van der Waals surface area contributed by atoms with Gasteiger partial charge in [-0.15, -0.1) is 6.58 Å². The molecule has 146 valence electrons. The number of carboxylic acid groups (broad SMARTS) is 1. The first-order valence-electron chi connectivity index (χ1n) is 8.68. The van der Waals surface area contributed by atoms with E-state index in [2.05, 4.69) is 6.58 Å². The Hall–Kier alpha value is -2.83. The molecule has 28 heavy (non-hydrogen) atoms. The van der Waals surface area contributed by atoms with Crippen LogP contribution in [0.3, 0.4) is 0 Å². The number of benzene rings is 2. The molecule has 1 amide bonds. The number of methoxy groups -OCH3 is 1. The molecule has 1 N–H and O–H groups in total. The number of carbonyl (C=O) groups is 2. The van der Waals surface area contributed by atoms with Crippen LogP contribution < -0.4 is 9.64 Å². The number of carboxylic acids is 1. The van der Waals surface area contributed by atoms with Gasteiger partial charge in [-0.3, -0.25) is 9.59 Å². The van der Waals surface area contributed by atoms with Crippen LogP contribution in [0.25, 0.3) is 0 Å². The lowest BCUT2D eigenvalue weighted by Gasteiger charge is -2.23. The number of hydrogen-bond acceptors (Lipinski definition) is 4. The molecule has 0 aliphatic carbocycles. The zero-order chi connectivity index (χ0) is 20.3. The standard InChI is InChI=1S/C21H20ClNO5/c1-3-10-23-16-9-8-13(22)11-15(16)20(14-6-4-5-7-17(14)27-2)28-18(21(23)26)12-19(24)25/h3-9,11,18,20H,1,10,12H2,2H3,(H,24,25). The van der Waals surface area contributed by atoms with Crippen molar-refractivity contribution >= 4 is 29.2 Å². The van der Waals surface area contributed by atoms with Gasteiger partial charge in [0, 0.05) is 22.7 Å². The number of rotatable bonds is 6. The number of anilines is 1. The van der Waals surface area contributed by atoms with Gasteiger partial charge in [0.25, 0.3) is 5.91 Å². The van der Waals surface area contributed by atoms with E-state index in [1.54, 1.807) is 30.3 Å². The van der Waals surface area contributed by atoms with Crippen molar-refractivity contribution < 1.29 is 24.2 Å². The summed E-state index contributed by atoms with van der Waals surface area (Å²) >= 11 is 6.23. The topological polar surface area (TPSA) is 76.1 Å². The maximum atomic E-state index is 13.1. The Morgan fingerprint density at radius 3 is 2.75 bits per heavy atom. The van der Waals surface area contributed by atoms with Gasteiger partial charge in [-0.2, -0.15) is 0 Å². The van der Waals surface area contributed by atoms with E-state index < -0.39 is 30.5 Å². The molecular weight excluding hydrogens is 382 g/mol. The molecule has 7 heteroatoms. The largest absolute Gasteiger partial charge is 0.496 e. The lowest BCUT2D eigenvalue weighted by molar-refractivity contribution is -0.146. The quantitative estimate of drug-likeness (QED) is 0.744. The van der Waals surface area contributed by atoms with Gasteiger partial charge in [0.2, 0.25) is 0 Å². The number of ether oxygens (including phenoxy) is 2. The minimum atomic E-state index is -1.17. The van der Waals surface area contributed by atoms with Crippen LogP contribution in [0.1, 0.15) is 23.7 Å². The van der Waals surface area contributed by atoms with E-state index in [9.17, 15) is 14.7 Å². The number of fused-ring (bicyclic) bond motifs is 1. The molecule has 1 heterocycles. The lowest BCUT2D eigenvalue weighted by Crippen LogP contribution is -2.40. The van der Waals surface area contributed by atoms with Gasteiger partial charge in [-0.1, -0.05) is 35.9 Å². The second kappa shape index (κ2) is 8.46. The molecule has 3 rings (SSSR count). The third-order valence-electron chi connectivity index (χ3n) is 4.50. The summed E-state index contributed by atoms with van der Waals surface area (Å²) in [5, 5.41) is 9.77. The monoisotopic (exact) mass is 401 g/mol. The first-order valence-corrected chi connectivity index (χ1v) is 9.06. The summed E-state index contributed by atoms with van der Waals surface area (Å²) in [6.45, 7) is 3.92. The fraction of sp³-hybridized carbons (Fsp3) is 0.238. The molecule has 2 unspecified atom stereocenters. The maximum absolute atomic E-state index is 13.1. The minimum Gasteiger partial charge on any atom is -0.496 e. The fourth-order valence-electron chi connectivity index (χ4n) is 3.30. The van der Waals surface area contributed by atoms with Crippen molar-refractivity contribution in [3.05, 3.63) is 71.3 Å². The second-order valence-corrected chi connectivity index (χ2v) is 6.72. The summed E-state index contributed by atoms with van der Waals surface area (Å²) in [5.74, 6) is -1.000. The van der Waals surface area contributed by atoms with Crippen molar-refractivity contribution in [2.75, 3.05) is 18.6 Å². The Kier molecular flexibility index (Phi) is 6.02. The molecule has 0 spiro atoms. The summed E-state index contributed by atoms with van der Waals surface area (Å²) in [5.41, 5.74) is 1.93. The zero-order valence-corrected chi connectivity index (χ0v) is 16.1. The van der Waals surface area contributed by atoms with Crippen molar-refractivity contribution in [3.8, 4) is 5.75 Å². The summed E-state index contributed by atoms with van der Waals surface area (Å²) < 4.78 is 11.5. The van der Waals surface area contributed by atoms with Crippen LogP contribution in [0.15, 0.2) is 55.1 Å². The summed E-state index contributed by atoms with van der Waals surface area (Å²) in [6.07, 6.45) is -0.774. The third-order valence-corrected chi connectivity index (χ3v) is 4.73. The second-order valence-electron chi connectivity index (χ2n) is 6.29. The van der Waals surface area contributed by atoms with Gasteiger partial charge in [-0.25, -0.2) is 0 Å².